The van der Waals surface area contributed by atoms with Crippen LogP contribution in [0.2, 0.25) is 0 Å². The second kappa shape index (κ2) is 7.31. The fourth-order valence-corrected chi connectivity index (χ4v) is 5.25. The Morgan fingerprint density at radius 2 is 2.25 bits per heavy atom. The van der Waals surface area contributed by atoms with Crippen molar-refractivity contribution in [1.82, 2.24) is 4.31 Å². The zero-order valence-electron chi connectivity index (χ0n) is 13.4. The van der Waals surface area contributed by atoms with Crippen molar-refractivity contribution in [2.24, 2.45) is 5.92 Å². The molecule has 132 valence electrons. The van der Waals surface area contributed by atoms with Crippen molar-refractivity contribution in [2.45, 2.75) is 29.9 Å². The summed E-state index contributed by atoms with van der Waals surface area (Å²) in [4.78, 5) is -0.00509. The molecule has 1 aromatic carbocycles. The molecular formula is C17H22FNO4S. The lowest BCUT2D eigenvalue weighted by molar-refractivity contribution is -0.0605. The summed E-state index contributed by atoms with van der Waals surface area (Å²) in [5, 5.41) is 0. The monoisotopic (exact) mass is 355 g/mol. The van der Waals surface area contributed by atoms with Crippen molar-refractivity contribution in [2.75, 3.05) is 26.4 Å². The Hall–Kier alpha value is -1.28. The number of benzene rings is 1. The van der Waals surface area contributed by atoms with Crippen LogP contribution in [0, 0.1) is 11.7 Å². The van der Waals surface area contributed by atoms with Crippen LogP contribution < -0.4 is 0 Å². The highest BCUT2D eigenvalue weighted by Gasteiger charge is 2.47. The van der Waals surface area contributed by atoms with Gasteiger partial charge < -0.3 is 9.47 Å². The molecule has 0 bridgehead atoms. The number of morpholine rings is 1. The molecule has 3 unspecified atom stereocenters. The molecule has 0 amide bonds. The first-order chi connectivity index (χ1) is 11.5. The van der Waals surface area contributed by atoms with Crippen LogP contribution in [0.1, 0.15) is 12.8 Å². The van der Waals surface area contributed by atoms with Crippen LogP contribution in [0.5, 0.6) is 0 Å². The van der Waals surface area contributed by atoms with Gasteiger partial charge in [0, 0.05) is 12.5 Å². The van der Waals surface area contributed by atoms with E-state index >= 15 is 0 Å². The zero-order valence-corrected chi connectivity index (χ0v) is 14.3. The van der Waals surface area contributed by atoms with E-state index in [2.05, 4.69) is 6.58 Å². The summed E-state index contributed by atoms with van der Waals surface area (Å²) in [7, 11) is -3.73. The molecule has 2 fully saturated rings. The van der Waals surface area contributed by atoms with Crippen molar-refractivity contribution in [3.8, 4) is 0 Å². The lowest BCUT2D eigenvalue weighted by atomic mass is 10.1. The van der Waals surface area contributed by atoms with Gasteiger partial charge in [-0.25, -0.2) is 12.8 Å². The summed E-state index contributed by atoms with van der Waals surface area (Å²) >= 11 is 0. The summed E-state index contributed by atoms with van der Waals surface area (Å²) in [5.74, 6) is -0.386. The van der Waals surface area contributed by atoms with Crippen LogP contribution >= 0.6 is 0 Å². The number of hydrogen-bond acceptors (Lipinski definition) is 4. The van der Waals surface area contributed by atoms with Gasteiger partial charge >= 0.3 is 0 Å². The fourth-order valence-electron chi connectivity index (χ4n) is 3.57. The van der Waals surface area contributed by atoms with Gasteiger partial charge in [-0.05, 0) is 31.0 Å². The van der Waals surface area contributed by atoms with E-state index in [0.717, 1.165) is 18.9 Å². The third-order valence-corrected chi connectivity index (χ3v) is 6.56. The lowest BCUT2D eigenvalue weighted by Gasteiger charge is -2.38. The molecule has 1 saturated carbocycles. The standard InChI is InChI=1S/C17H22FNO4S/c1-2-9-22-12-13-6-7-16-17(13)23-10-8-19(16)24(20,21)15-5-3-4-14(18)11-15/h2-5,11,13,16-17H,1,6-10,12H2. The van der Waals surface area contributed by atoms with Gasteiger partial charge in [0.1, 0.15) is 5.82 Å². The van der Waals surface area contributed by atoms with Gasteiger partial charge in [-0.3, -0.25) is 0 Å². The van der Waals surface area contributed by atoms with Crippen LogP contribution in [0.25, 0.3) is 0 Å². The molecule has 2 aliphatic rings. The Balaban J connectivity index is 1.78. The first kappa shape index (κ1) is 17.5. The normalized spacial score (nSPS) is 27.8. The maximum atomic E-state index is 13.4. The summed E-state index contributed by atoms with van der Waals surface area (Å²) in [6.07, 6.45) is 3.09. The number of hydrogen-bond donors (Lipinski definition) is 0. The number of ether oxygens (including phenoxy) is 2. The molecule has 1 saturated heterocycles. The van der Waals surface area contributed by atoms with Gasteiger partial charge in [-0.15, -0.1) is 6.58 Å². The topological polar surface area (TPSA) is 55.8 Å². The van der Waals surface area contributed by atoms with E-state index in [9.17, 15) is 12.8 Å². The van der Waals surface area contributed by atoms with Crippen LogP contribution in [0.3, 0.4) is 0 Å². The highest BCUT2D eigenvalue weighted by Crippen LogP contribution is 2.37. The number of halogens is 1. The molecule has 1 heterocycles. The Kier molecular flexibility index (Phi) is 5.34. The fraction of sp³-hybridized carbons (Fsp3) is 0.529. The minimum Gasteiger partial charge on any atom is -0.377 e. The maximum absolute atomic E-state index is 13.4. The van der Waals surface area contributed by atoms with Gasteiger partial charge in [-0.1, -0.05) is 12.1 Å². The molecule has 0 N–H and O–H groups in total. The molecule has 7 heteroatoms. The zero-order chi connectivity index (χ0) is 17.2. The third kappa shape index (κ3) is 3.39. The first-order valence-corrected chi connectivity index (χ1v) is 9.55. The summed E-state index contributed by atoms with van der Waals surface area (Å²) in [6, 6.07) is 4.94. The van der Waals surface area contributed by atoms with Crippen molar-refractivity contribution in [3.05, 3.63) is 42.7 Å². The highest BCUT2D eigenvalue weighted by molar-refractivity contribution is 7.89. The smallest absolute Gasteiger partial charge is 0.243 e. The molecule has 3 atom stereocenters. The second-order valence-electron chi connectivity index (χ2n) is 6.14. The third-order valence-electron chi connectivity index (χ3n) is 4.64. The van der Waals surface area contributed by atoms with Crippen molar-refractivity contribution >= 4 is 10.0 Å². The number of sulfonamides is 1. The number of nitrogens with zero attached hydrogens (tertiary/aromatic N) is 1. The molecule has 1 aromatic rings. The van der Waals surface area contributed by atoms with E-state index in [-0.39, 0.29) is 23.0 Å². The Morgan fingerprint density at radius 1 is 1.42 bits per heavy atom. The average molecular weight is 355 g/mol. The van der Waals surface area contributed by atoms with E-state index < -0.39 is 15.8 Å². The van der Waals surface area contributed by atoms with E-state index in [0.29, 0.717) is 26.4 Å². The van der Waals surface area contributed by atoms with Gasteiger partial charge in [0.05, 0.1) is 36.9 Å². The predicted octanol–water partition coefficient (Wildman–Crippen LogP) is 2.20. The maximum Gasteiger partial charge on any atom is 0.243 e. The molecule has 3 rings (SSSR count). The highest BCUT2D eigenvalue weighted by atomic mass is 32.2. The molecule has 0 radical (unpaired) electrons. The van der Waals surface area contributed by atoms with Crippen LogP contribution in [0.15, 0.2) is 41.8 Å². The van der Waals surface area contributed by atoms with Gasteiger partial charge in [0.25, 0.3) is 0 Å². The molecule has 0 aromatic heterocycles. The first-order valence-electron chi connectivity index (χ1n) is 8.11. The Labute approximate surface area is 142 Å². The Morgan fingerprint density at radius 3 is 3.00 bits per heavy atom. The molecule has 1 aliphatic carbocycles. The molecule has 0 spiro atoms. The van der Waals surface area contributed by atoms with Crippen LogP contribution in [0.4, 0.5) is 4.39 Å². The molecular weight excluding hydrogens is 333 g/mol. The van der Waals surface area contributed by atoms with E-state index in [4.69, 9.17) is 9.47 Å². The van der Waals surface area contributed by atoms with Crippen molar-refractivity contribution < 1.29 is 22.3 Å². The largest absolute Gasteiger partial charge is 0.377 e. The van der Waals surface area contributed by atoms with Crippen molar-refractivity contribution in [1.29, 1.82) is 0 Å². The quantitative estimate of drug-likeness (QED) is 0.580. The molecule has 1 aliphatic heterocycles. The minimum atomic E-state index is -3.73. The average Bonchev–Trinajstić information content (AvgIpc) is 2.98. The Bertz CT molecular complexity index is 694. The number of fused-ring (bicyclic) bond motifs is 1. The predicted molar refractivity (Wildman–Crippen MR) is 87.6 cm³/mol. The van der Waals surface area contributed by atoms with E-state index in [1.54, 1.807) is 6.08 Å². The van der Waals surface area contributed by atoms with Gasteiger partial charge in [0.15, 0.2) is 0 Å². The van der Waals surface area contributed by atoms with E-state index in [1.807, 2.05) is 0 Å². The van der Waals surface area contributed by atoms with Crippen LogP contribution in [-0.4, -0.2) is 51.2 Å². The van der Waals surface area contributed by atoms with Crippen molar-refractivity contribution in [3.63, 3.8) is 0 Å². The minimum absolute atomic E-state index is 0.00509. The van der Waals surface area contributed by atoms with Crippen LogP contribution in [-0.2, 0) is 19.5 Å². The van der Waals surface area contributed by atoms with Gasteiger partial charge in [0.2, 0.25) is 10.0 Å². The summed E-state index contributed by atoms with van der Waals surface area (Å²) in [6.45, 7) is 5.25. The molecule has 5 nitrogen and oxygen atoms in total. The summed E-state index contributed by atoms with van der Waals surface area (Å²) in [5.41, 5.74) is 0. The van der Waals surface area contributed by atoms with E-state index in [1.165, 1.54) is 22.5 Å². The lowest BCUT2D eigenvalue weighted by Crippen LogP contribution is -2.52. The SMILES string of the molecule is C=CCOCC1CCC2C1OCCN2S(=O)(=O)c1cccc(F)c1. The van der Waals surface area contributed by atoms with Gasteiger partial charge in [-0.2, -0.15) is 4.31 Å². The summed E-state index contributed by atoms with van der Waals surface area (Å²) < 4.78 is 52.1. The number of rotatable bonds is 6. The molecule has 24 heavy (non-hydrogen) atoms. The second-order valence-corrected chi connectivity index (χ2v) is 8.03.